The van der Waals surface area contributed by atoms with Crippen molar-refractivity contribution in [2.75, 3.05) is 32.7 Å². The summed E-state index contributed by atoms with van der Waals surface area (Å²) >= 11 is 0. The van der Waals surface area contributed by atoms with Crippen LogP contribution in [0.1, 0.15) is 49.2 Å². The standard InChI is InChI=1S/C26H31N3O5/c1-26(2,3)23(18-7-5-4-6-8-18)34-25(32)29-15-13-28(14-16-29)12-11-21(30)19-9-10-20-22(17-19)33-24(31)27-20/h4-10,17,23H,11-16H2,1-3H3,(H,27,31). The summed E-state index contributed by atoms with van der Waals surface area (Å²) < 4.78 is 11.0. The van der Waals surface area contributed by atoms with Crippen molar-refractivity contribution in [1.82, 2.24) is 14.8 Å². The molecule has 8 heteroatoms. The van der Waals surface area contributed by atoms with Gasteiger partial charge < -0.3 is 14.1 Å². The highest BCUT2D eigenvalue weighted by Crippen LogP contribution is 2.36. The number of hydrogen-bond donors (Lipinski definition) is 1. The minimum atomic E-state index is -0.534. The topological polar surface area (TPSA) is 95.9 Å². The van der Waals surface area contributed by atoms with Gasteiger partial charge in [0.25, 0.3) is 0 Å². The first kappa shape index (κ1) is 23.8. The number of ketones is 1. The Balaban J connectivity index is 1.28. The molecule has 1 aliphatic heterocycles. The van der Waals surface area contributed by atoms with Gasteiger partial charge in [0, 0.05) is 50.1 Å². The van der Waals surface area contributed by atoms with Crippen LogP contribution in [0.5, 0.6) is 0 Å². The Labute approximate surface area is 198 Å². The minimum absolute atomic E-state index is 0.0107. The molecule has 0 bridgehead atoms. The third kappa shape index (κ3) is 5.56. The lowest BCUT2D eigenvalue weighted by Gasteiger charge is -2.37. The maximum Gasteiger partial charge on any atom is 0.417 e. The number of Topliss-reactive ketones (excluding diaryl/α,β-unsaturated/α-hetero) is 1. The Morgan fingerprint density at radius 3 is 2.44 bits per heavy atom. The van der Waals surface area contributed by atoms with Crippen LogP contribution in [0.4, 0.5) is 4.79 Å². The second-order valence-electron chi connectivity index (χ2n) is 9.77. The van der Waals surface area contributed by atoms with Gasteiger partial charge in [-0.25, -0.2) is 9.59 Å². The number of carbonyl (C=O) groups excluding carboxylic acids is 2. The average Bonchev–Trinajstić information content (AvgIpc) is 3.20. The normalized spacial score (nSPS) is 15.9. The van der Waals surface area contributed by atoms with Crippen molar-refractivity contribution in [3.05, 3.63) is 70.2 Å². The molecule has 2 heterocycles. The van der Waals surface area contributed by atoms with Crippen molar-refractivity contribution < 1.29 is 18.7 Å². The van der Waals surface area contributed by atoms with Gasteiger partial charge in [-0.1, -0.05) is 51.1 Å². The number of benzene rings is 2. The Kier molecular flexibility index (Phi) is 6.88. The molecule has 2 aromatic carbocycles. The molecule has 1 aromatic heterocycles. The van der Waals surface area contributed by atoms with Crippen molar-refractivity contribution >= 4 is 23.0 Å². The number of oxazole rings is 1. The number of fused-ring (bicyclic) bond motifs is 1. The summed E-state index contributed by atoms with van der Waals surface area (Å²) in [5, 5.41) is 0. The van der Waals surface area contributed by atoms with Crippen LogP contribution in [0.25, 0.3) is 11.1 Å². The number of ether oxygens (including phenoxy) is 1. The van der Waals surface area contributed by atoms with Gasteiger partial charge in [0.15, 0.2) is 11.4 Å². The third-order valence-electron chi connectivity index (χ3n) is 6.14. The fourth-order valence-corrected chi connectivity index (χ4v) is 4.22. The largest absolute Gasteiger partial charge is 0.441 e. The molecular formula is C26H31N3O5. The second kappa shape index (κ2) is 9.85. The van der Waals surface area contributed by atoms with Crippen LogP contribution < -0.4 is 5.76 Å². The van der Waals surface area contributed by atoms with Crippen LogP contribution in [-0.4, -0.2) is 59.4 Å². The van der Waals surface area contributed by atoms with Crippen molar-refractivity contribution in [3.8, 4) is 0 Å². The Hall–Kier alpha value is -3.39. The van der Waals surface area contributed by atoms with Gasteiger partial charge in [-0.3, -0.25) is 14.7 Å². The van der Waals surface area contributed by atoms with E-state index in [0.717, 1.165) is 5.56 Å². The summed E-state index contributed by atoms with van der Waals surface area (Å²) in [5.41, 5.74) is 2.23. The molecule has 1 amide bonds. The number of aromatic amines is 1. The molecule has 1 saturated heterocycles. The Morgan fingerprint density at radius 1 is 1.06 bits per heavy atom. The first-order chi connectivity index (χ1) is 16.2. The van der Waals surface area contributed by atoms with E-state index in [4.69, 9.17) is 9.15 Å². The summed E-state index contributed by atoms with van der Waals surface area (Å²) in [7, 11) is 0. The molecule has 0 aliphatic carbocycles. The molecule has 1 aliphatic rings. The number of amides is 1. The predicted molar refractivity (Wildman–Crippen MR) is 129 cm³/mol. The maximum atomic E-state index is 12.9. The molecule has 180 valence electrons. The number of nitrogens with zero attached hydrogens (tertiary/aromatic N) is 2. The van der Waals surface area contributed by atoms with E-state index in [1.54, 1.807) is 23.1 Å². The zero-order valence-electron chi connectivity index (χ0n) is 19.9. The van der Waals surface area contributed by atoms with E-state index >= 15 is 0 Å². The second-order valence-corrected chi connectivity index (χ2v) is 9.77. The summed E-state index contributed by atoms with van der Waals surface area (Å²) in [4.78, 5) is 43.3. The van der Waals surface area contributed by atoms with E-state index in [0.29, 0.717) is 55.8 Å². The SMILES string of the molecule is CC(C)(C)C(OC(=O)N1CCN(CCC(=O)c2ccc3[nH]c(=O)oc3c2)CC1)c1ccccc1. The minimum Gasteiger partial charge on any atom is -0.441 e. The number of rotatable bonds is 6. The molecule has 34 heavy (non-hydrogen) atoms. The van der Waals surface area contributed by atoms with Crippen molar-refractivity contribution in [2.24, 2.45) is 5.41 Å². The summed E-state index contributed by atoms with van der Waals surface area (Å²) in [5.74, 6) is -0.544. The molecule has 3 aromatic rings. The number of aromatic nitrogens is 1. The van der Waals surface area contributed by atoms with Crippen LogP contribution >= 0.6 is 0 Å². The van der Waals surface area contributed by atoms with Gasteiger partial charge in [0.05, 0.1) is 5.52 Å². The number of H-pyrrole nitrogens is 1. The van der Waals surface area contributed by atoms with E-state index in [9.17, 15) is 14.4 Å². The number of hydrogen-bond acceptors (Lipinski definition) is 6. The van der Waals surface area contributed by atoms with E-state index in [1.165, 1.54) is 0 Å². The highest BCUT2D eigenvalue weighted by atomic mass is 16.6. The Bertz CT molecular complexity index is 1200. The highest BCUT2D eigenvalue weighted by Gasteiger charge is 2.32. The molecule has 4 rings (SSSR count). The van der Waals surface area contributed by atoms with E-state index in [1.807, 2.05) is 30.3 Å². The van der Waals surface area contributed by atoms with Gasteiger partial charge in [0.1, 0.15) is 6.10 Å². The zero-order valence-corrected chi connectivity index (χ0v) is 19.9. The maximum absolute atomic E-state index is 12.9. The van der Waals surface area contributed by atoms with Gasteiger partial charge in [-0.05, 0) is 23.8 Å². The molecule has 0 saturated carbocycles. The average molecular weight is 466 g/mol. The van der Waals surface area contributed by atoms with Crippen LogP contribution in [0.15, 0.2) is 57.7 Å². The summed E-state index contributed by atoms with van der Waals surface area (Å²) in [6.07, 6.45) is -0.288. The number of carbonyl (C=O) groups is 2. The van der Waals surface area contributed by atoms with Crippen molar-refractivity contribution in [1.29, 1.82) is 0 Å². The van der Waals surface area contributed by atoms with E-state index < -0.39 is 5.76 Å². The van der Waals surface area contributed by atoms with Gasteiger partial charge in [0.2, 0.25) is 0 Å². The lowest BCUT2D eigenvalue weighted by molar-refractivity contribution is 0.000592. The smallest absolute Gasteiger partial charge is 0.417 e. The first-order valence-corrected chi connectivity index (χ1v) is 11.6. The Morgan fingerprint density at radius 2 is 1.76 bits per heavy atom. The molecule has 1 unspecified atom stereocenters. The summed E-state index contributed by atoms with van der Waals surface area (Å²) in [6, 6.07) is 14.8. The molecule has 1 N–H and O–H groups in total. The van der Waals surface area contributed by atoms with Gasteiger partial charge in [-0.15, -0.1) is 0 Å². The fourth-order valence-electron chi connectivity index (χ4n) is 4.22. The van der Waals surface area contributed by atoms with E-state index in [2.05, 4.69) is 30.7 Å². The molecule has 0 radical (unpaired) electrons. The monoisotopic (exact) mass is 465 g/mol. The van der Waals surface area contributed by atoms with Crippen molar-refractivity contribution in [2.45, 2.75) is 33.3 Å². The molecule has 8 nitrogen and oxygen atoms in total. The predicted octanol–water partition coefficient (Wildman–Crippen LogP) is 4.24. The zero-order chi connectivity index (χ0) is 24.3. The van der Waals surface area contributed by atoms with E-state index in [-0.39, 0.29) is 23.4 Å². The van der Waals surface area contributed by atoms with Gasteiger partial charge in [-0.2, -0.15) is 0 Å². The number of nitrogens with one attached hydrogen (secondary N) is 1. The highest BCUT2D eigenvalue weighted by molar-refractivity contribution is 5.98. The molecule has 1 atom stereocenters. The molecule has 0 spiro atoms. The van der Waals surface area contributed by atoms with Crippen molar-refractivity contribution in [3.63, 3.8) is 0 Å². The van der Waals surface area contributed by atoms with Crippen LogP contribution in [0.2, 0.25) is 0 Å². The molecule has 1 fully saturated rings. The lowest BCUT2D eigenvalue weighted by Crippen LogP contribution is -2.49. The number of piperazine rings is 1. The fraction of sp³-hybridized carbons (Fsp3) is 0.423. The van der Waals surface area contributed by atoms with Crippen LogP contribution in [0.3, 0.4) is 0 Å². The van der Waals surface area contributed by atoms with Crippen LogP contribution in [-0.2, 0) is 4.74 Å². The van der Waals surface area contributed by atoms with Gasteiger partial charge >= 0.3 is 11.8 Å². The third-order valence-corrected chi connectivity index (χ3v) is 6.14. The molecular weight excluding hydrogens is 434 g/mol. The summed E-state index contributed by atoms with van der Waals surface area (Å²) in [6.45, 7) is 9.26. The lowest BCUT2D eigenvalue weighted by atomic mass is 9.84. The van der Waals surface area contributed by atoms with Crippen LogP contribution in [0, 0.1) is 5.41 Å². The quantitative estimate of drug-likeness (QED) is 0.547. The first-order valence-electron chi connectivity index (χ1n) is 11.6.